The van der Waals surface area contributed by atoms with Crippen LogP contribution in [0.2, 0.25) is 0 Å². The van der Waals surface area contributed by atoms with Gasteiger partial charge in [0.2, 0.25) is 0 Å². The Kier molecular flexibility index (Phi) is 6.91. The Labute approximate surface area is 111 Å². The highest BCUT2D eigenvalue weighted by atomic mass is 16.5. The summed E-state index contributed by atoms with van der Waals surface area (Å²) >= 11 is 0. The van der Waals surface area contributed by atoms with Crippen LogP contribution in [0.1, 0.15) is 44.5 Å². The predicted molar refractivity (Wildman–Crippen MR) is 75.7 cm³/mol. The quantitative estimate of drug-likeness (QED) is 0.770. The zero-order chi connectivity index (χ0) is 13.4. The molecule has 2 unspecified atom stereocenters. The van der Waals surface area contributed by atoms with E-state index in [0.29, 0.717) is 12.0 Å². The summed E-state index contributed by atoms with van der Waals surface area (Å²) in [5.74, 6) is 0.519. The van der Waals surface area contributed by atoms with E-state index in [4.69, 9.17) is 4.74 Å². The highest BCUT2D eigenvalue weighted by molar-refractivity contribution is 5.23. The van der Waals surface area contributed by atoms with Gasteiger partial charge in [0.05, 0.1) is 11.7 Å². The normalized spacial score (nSPS) is 14.4. The van der Waals surface area contributed by atoms with Crippen molar-refractivity contribution in [2.24, 2.45) is 5.92 Å². The van der Waals surface area contributed by atoms with E-state index in [1.165, 1.54) is 11.3 Å². The summed E-state index contributed by atoms with van der Waals surface area (Å²) in [5, 5.41) is 3.56. The maximum Gasteiger partial charge on any atom is 0.0607 e. The van der Waals surface area contributed by atoms with Crippen LogP contribution in [0.3, 0.4) is 0 Å². The fourth-order valence-corrected chi connectivity index (χ4v) is 2.29. The molecule has 1 heterocycles. The molecule has 0 radical (unpaired) electrons. The lowest BCUT2D eigenvalue weighted by molar-refractivity contribution is 0.170. The van der Waals surface area contributed by atoms with Crippen LogP contribution >= 0.6 is 0 Å². The van der Waals surface area contributed by atoms with Crippen LogP contribution in [0.4, 0.5) is 0 Å². The first kappa shape index (κ1) is 15.1. The first-order valence-corrected chi connectivity index (χ1v) is 6.90. The van der Waals surface area contributed by atoms with Gasteiger partial charge in [-0.05, 0) is 36.9 Å². The van der Waals surface area contributed by atoms with Crippen molar-refractivity contribution in [3.8, 4) is 0 Å². The summed E-state index contributed by atoms with van der Waals surface area (Å²) in [6.07, 6.45) is 3.97. The van der Waals surface area contributed by atoms with Crippen molar-refractivity contribution in [2.75, 3.05) is 20.3 Å². The van der Waals surface area contributed by atoms with Gasteiger partial charge < -0.3 is 10.1 Å². The predicted octanol–water partition coefficient (Wildman–Crippen LogP) is 2.97. The van der Waals surface area contributed by atoms with Crippen molar-refractivity contribution in [3.63, 3.8) is 0 Å². The largest absolute Gasteiger partial charge is 0.385 e. The lowest BCUT2D eigenvalue weighted by atomic mass is 9.92. The topological polar surface area (TPSA) is 34.2 Å². The monoisotopic (exact) mass is 250 g/mol. The number of hydrogen-bond acceptors (Lipinski definition) is 3. The first-order valence-electron chi connectivity index (χ1n) is 6.90. The molecule has 1 aromatic rings. The Bertz CT molecular complexity index is 341. The molecule has 0 saturated heterocycles. The van der Waals surface area contributed by atoms with Crippen molar-refractivity contribution in [2.45, 2.75) is 39.7 Å². The van der Waals surface area contributed by atoms with Gasteiger partial charge in [-0.1, -0.05) is 26.8 Å². The molecule has 0 aromatic carbocycles. The molecule has 0 saturated carbocycles. The minimum absolute atomic E-state index is 0.321. The molecule has 18 heavy (non-hydrogen) atoms. The van der Waals surface area contributed by atoms with E-state index < -0.39 is 0 Å². The van der Waals surface area contributed by atoms with Crippen LogP contribution in [-0.2, 0) is 11.2 Å². The third kappa shape index (κ3) is 4.07. The molecule has 0 fully saturated rings. The second-order valence-electron chi connectivity index (χ2n) is 4.70. The number of hydrogen-bond donors (Lipinski definition) is 1. The standard InChI is InChI=1S/C15H26N2O/c1-5-13-8-7-10-17-15(13)14(16-6-2)12(3)9-11-18-4/h7-8,10,12,14,16H,5-6,9,11H2,1-4H3. The number of aryl methyl sites for hydroxylation is 1. The fraction of sp³-hybridized carbons (Fsp3) is 0.667. The van der Waals surface area contributed by atoms with Crippen molar-refractivity contribution < 1.29 is 4.74 Å². The second-order valence-corrected chi connectivity index (χ2v) is 4.70. The minimum atomic E-state index is 0.321. The van der Waals surface area contributed by atoms with E-state index in [-0.39, 0.29) is 0 Å². The van der Waals surface area contributed by atoms with Gasteiger partial charge in [-0.3, -0.25) is 4.98 Å². The number of nitrogens with zero attached hydrogens (tertiary/aromatic N) is 1. The molecule has 0 aliphatic rings. The molecule has 0 bridgehead atoms. The Morgan fingerprint density at radius 2 is 2.17 bits per heavy atom. The first-order chi connectivity index (χ1) is 8.74. The van der Waals surface area contributed by atoms with Gasteiger partial charge in [0, 0.05) is 19.9 Å². The fourth-order valence-electron chi connectivity index (χ4n) is 2.29. The highest BCUT2D eigenvalue weighted by Crippen LogP contribution is 2.25. The average molecular weight is 250 g/mol. The van der Waals surface area contributed by atoms with Crippen molar-refractivity contribution >= 4 is 0 Å². The number of aromatic nitrogens is 1. The van der Waals surface area contributed by atoms with Crippen molar-refractivity contribution in [1.29, 1.82) is 0 Å². The van der Waals surface area contributed by atoms with E-state index in [1.54, 1.807) is 7.11 Å². The summed E-state index contributed by atoms with van der Waals surface area (Å²) in [7, 11) is 1.76. The smallest absolute Gasteiger partial charge is 0.0607 e. The number of nitrogens with one attached hydrogen (secondary N) is 1. The molecule has 3 heteroatoms. The third-order valence-corrected chi connectivity index (χ3v) is 3.37. The van der Waals surface area contributed by atoms with Gasteiger partial charge in [0.15, 0.2) is 0 Å². The van der Waals surface area contributed by atoms with Gasteiger partial charge in [-0.15, -0.1) is 0 Å². The van der Waals surface area contributed by atoms with Crippen LogP contribution in [0, 0.1) is 5.92 Å². The van der Waals surface area contributed by atoms with Crippen LogP contribution in [0.5, 0.6) is 0 Å². The average Bonchev–Trinajstić information content (AvgIpc) is 2.42. The molecule has 1 N–H and O–H groups in total. The maximum atomic E-state index is 5.19. The maximum absolute atomic E-state index is 5.19. The number of pyridine rings is 1. The number of methoxy groups -OCH3 is 1. The van der Waals surface area contributed by atoms with Crippen LogP contribution in [-0.4, -0.2) is 25.2 Å². The Balaban J connectivity index is 2.88. The summed E-state index contributed by atoms with van der Waals surface area (Å²) in [4.78, 5) is 4.59. The van der Waals surface area contributed by atoms with Gasteiger partial charge in [-0.25, -0.2) is 0 Å². The van der Waals surface area contributed by atoms with E-state index in [0.717, 1.165) is 26.0 Å². The van der Waals surface area contributed by atoms with Crippen LogP contribution in [0.15, 0.2) is 18.3 Å². The van der Waals surface area contributed by atoms with E-state index in [9.17, 15) is 0 Å². The van der Waals surface area contributed by atoms with E-state index in [2.05, 4.69) is 37.1 Å². The number of rotatable bonds is 8. The molecule has 1 aromatic heterocycles. The molecule has 0 aliphatic heterocycles. The van der Waals surface area contributed by atoms with E-state index >= 15 is 0 Å². The Morgan fingerprint density at radius 3 is 2.78 bits per heavy atom. The van der Waals surface area contributed by atoms with Crippen LogP contribution in [0.25, 0.3) is 0 Å². The molecular weight excluding hydrogens is 224 g/mol. The molecule has 1 rings (SSSR count). The molecule has 2 atom stereocenters. The van der Waals surface area contributed by atoms with Crippen LogP contribution < -0.4 is 5.32 Å². The second kappa shape index (κ2) is 8.22. The summed E-state index contributed by atoms with van der Waals surface area (Å²) in [6, 6.07) is 4.52. The number of ether oxygens (including phenoxy) is 1. The lowest BCUT2D eigenvalue weighted by Gasteiger charge is -2.26. The lowest BCUT2D eigenvalue weighted by Crippen LogP contribution is -2.29. The zero-order valence-electron chi connectivity index (χ0n) is 12.1. The van der Waals surface area contributed by atoms with E-state index in [1.807, 2.05) is 12.3 Å². The van der Waals surface area contributed by atoms with Crippen molar-refractivity contribution in [1.82, 2.24) is 10.3 Å². The van der Waals surface area contributed by atoms with Gasteiger partial charge in [-0.2, -0.15) is 0 Å². The third-order valence-electron chi connectivity index (χ3n) is 3.37. The summed E-state index contributed by atoms with van der Waals surface area (Å²) in [5.41, 5.74) is 2.54. The molecule has 0 amide bonds. The summed E-state index contributed by atoms with van der Waals surface area (Å²) in [6.45, 7) is 8.35. The van der Waals surface area contributed by atoms with Gasteiger partial charge in [0.1, 0.15) is 0 Å². The Hall–Kier alpha value is -0.930. The molecule has 0 spiro atoms. The minimum Gasteiger partial charge on any atom is -0.385 e. The highest BCUT2D eigenvalue weighted by Gasteiger charge is 2.21. The molecule has 0 aliphatic carbocycles. The SMILES string of the molecule is CCNC(c1ncccc1CC)C(C)CCOC. The summed E-state index contributed by atoms with van der Waals surface area (Å²) < 4.78 is 5.19. The Morgan fingerprint density at radius 1 is 1.39 bits per heavy atom. The molecular formula is C15H26N2O. The van der Waals surface area contributed by atoms with Gasteiger partial charge in [0.25, 0.3) is 0 Å². The zero-order valence-corrected chi connectivity index (χ0v) is 12.1. The van der Waals surface area contributed by atoms with Crippen molar-refractivity contribution in [3.05, 3.63) is 29.6 Å². The molecule has 3 nitrogen and oxygen atoms in total. The molecule has 102 valence electrons. The van der Waals surface area contributed by atoms with Gasteiger partial charge >= 0.3 is 0 Å².